The van der Waals surface area contributed by atoms with E-state index in [1.54, 1.807) is 0 Å². The summed E-state index contributed by atoms with van der Waals surface area (Å²) in [5, 5.41) is 10.5. The lowest BCUT2D eigenvalue weighted by molar-refractivity contribution is 0.282. The molecule has 0 saturated heterocycles. The molecule has 0 bridgehead atoms. The minimum Gasteiger partial charge on any atom is -0.392 e. The Hall–Kier alpha value is -1.58. The number of rotatable bonds is 3. The van der Waals surface area contributed by atoms with Crippen molar-refractivity contribution in [3.05, 3.63) is 70.3 Å². The van der Waals surface area contributed by atoms with E-state index in [-0.39, 0.29) is 6.61 Å². The third-order valence-electron chi connectivity index (χ3n) is 3.28. The molecule has 0 saturated carbocycles. The van der Waals surface area contributed by atoms with Crippen LogP contribution in [0.15, 0.2) is 59.2 Å². The summed E-state index contributed by atoms with van der Waals surface area (Å²) in [6.45, 7) is 0.900. The van der Waals surface area contributed by atoms with E-state index in [2.05, 4.69) is 57.0 Å². The molecule has 3 heteroatoms. The molecule has 96 valence electrons. The smallest absolute Gasteiger partial charge is 0.0683 e. The van der Waals surface area contributed by atoms with Crippen LogP contribution in [0.5, 0.6) is 0 Å². The van der Waals surface area contributed by atoms with Crippen molar-refractivity contribution in [1.29, 1.82) is 0 Å². The van der Waals surface area contributed by atoms with Gasteiger partial charge in [-0.2, -0.15) is 0 Å². The van der Waals surface area contributed by atoms with E-state index >= 15 is 0 Å². The van der Waals surface area contributed by atoms with Crippen LogP contribution in [0, 0.1) is 0 Å². The predicted octanol–water partition coefficient (Wildman–Crippen LogP) is 3.94. The van der Waals surface area contributed by atoms with Gasteiger partial charge in [-0.3, -0.25) is 0 Å². The van der Waals surface area contributed by atoms with Crippen LogP contribution in [0.3, 0.4) is 0 Å². The topological polar surface area (TPSA) is 25.2 Å². The van der Waals surface area contributed by atoms with Gasteiger partial charge in [0.2, 0.25) is 0 Å². The summed E-state index contributed by atoms with van der Waals surface area (Å²) in [5.41, 5.74) is 3.33. The molecule has 0 aliphatic heterocycles. The van der Waals surface area contributed by atoms with E-state index in [9.17, 15) is 5.11 Å². The molecule has 3 rings (SSSR count). The first-order chi connectivity index (χ1) is 9.28. The Morgan fingerprint density at radius 2 is 1.79 bits per heavy atom. The second-order valence-corrected chi connectivity index (χ2v) is 5.45. The first-order valence-corrected chi connectivity index (χ1v) is 6.99. The summed E-state index contributed by atoms with van der Waals surface area (Å²) in [6.07, 6.45) is 2.09. The average Bonchev–Trinajstić information content (AvgIpc) is 2.83. The van der Waals surface area contributed by atoms with E-state index in [0.717, 1.165) is 22.1 Å². The summed E-state index contributed by atoms with van der Waals surface area (Å²) >= 11 is 3.56. The predicted molar refractivity (Wildman–Crippen MR) is 81.1 cm³/mol. The highest BCUT2D eigenvalue weighted by Crippen LogP contribution is 2.27. The van der Waals surface area contributed by atoms with E-state index in [0.29, 0.717) is 0 Å². The molecule has 0 unspecified atom stereocenters. The molecule has 0 spiro atoms. The number of aliphatic hydroxyl groups excluding tert-OH is 1. The van der Waals surface area contributed by atoms with Gasteiger partial charge in [0.15, 0.2) is 0 Å². The Morgan fingerprint density at radius 3 is 2.53 bits per heavy atom. The molecule has 0 fully saturated rings. The highest BCUT2D eigenvalue weighted by Gasteiger charge is 2.07. The molecule has 2 aromatic carbocycles. The maximum absolute atomic E-state index is 9.31. The van der Waals surface area contributed by atoms with E-state index in [4.69, 9.17) is 0 Å². The Kier molecular flexibility index (Phi) is 3.40. The number of benzene rings is 2. The zero-order chi connectivity index (χ0) is 13.2. The molecule has 0 radical (unpaired) electrons. The average molecular weight is 316 g/mol. The summed E-state index contributed by atoms with van der Waals surface area (Å²) in [5.74, 6) is 0. The van der Waals surface area contributed by atoms with Crippen LogP contribution in [0.2, 0.25) is 0 Å². The van der Waals surface area contributed by atoms with Crippen molar-refractivity contribution >= 4 is 26.8 Å². The molecular weight excluding hydrogens is 302 g/mol. The van der Waals surface area contributed by atoms with Crippen molar-refractivity contribution in [1.82, 2.24) is 4.57 Å². The lowest BCUT2D eigenvalue weighted by Crippen LogP contribution is -1.98. The van der Waals surface area contributed by atoms with E-state index in [1.807, 2.05) is 18.2 Å². The number of hydrogen-bond acceptors (Lipinski definition) is 1. The van der Waals surface area contributed by atoms with Gasteiger partial charge < -0.3 is 9.67 Å². The van der Waals surface area contributed by atoms with E-state index in [1.165, 1.54) is 10.9 Å². The first kappa shape index (κ1) is 12.5. The quantitative estimate of drug-likeness (QED) is 0.778. The van der Waals surface area contributed by atoms with Crippen LogP contribution in [0.25, 0.3) is 10.9 Å². The first-order valence-electron chi connectivity index (χ1n) is 6.20. The minimum absolute atomic E-state index is 0.0606. The summed E-state index contributed by atoms with van der Waals surface area (Å²) in [6, 6.07) is 16.5. The maximum Gasteiger partial charge on any atom is 0.0683 e. The van der Waals surface area contributed by atoms with Crippen LogP contribution >= 0.6 is 15.9 Å². The van der Waals surface area contributed by atoms with Crippen LogP contribution in [-0.2, 0) is 13.2 Å². The van der Waals surface area contributed by atoms with Gasteiger partial charge in [0.05, 0.1) is 6.61 Å². The van der Waals surface area contributed by atoms with Gasteiger partial charge in [-0.1, -0.05) is 46.3 Å². The SMILES string of the molecule is OCc1cc(Br)c2ccn(Cc3ccccc3)c2c1. The van der Waals surface area contributed by atoms with Crippen LogP contribution < -0.4 is 0 Å². The Bertz CT molecular complexity index is 703. The molecule has 1 aromatic heterocycles. The molecule has 19 heavy (non-hydrogen) atoms. The number of hydrogen-bond donors (Lipinski definition) is 1. The van der Waals surface area contributed by atoms with Crippen molar-refractivity contribution < 1.29 is 5.11 Å². The fraction of sp³-hybridized carbons (Fsp3) is 0.125. The monoisotopic (exact) mass is 315 g/mol. The Balaban J connectivity index is 2.07. The number of fused-ring (bicyclic) bond motifs is 1. The number of halogens is 1. The molecule has 2 nitrogen and oxygen atoms in total. The minimum atomic E-state index is 0.0606. The number of aliphatic hydroxyl groups is 1. The molecule has 0 aliphatic carbocycles. The zero-order valence-electron chi connectivity index (χ0n) is 10.4. The fourth-order valence-corrected chi connectivity index (χ4v) is 2.94. The standard InChI is InChI=1S/C16H14BrNO/c17-15-8-13(11-19)9-16-14(15)6-7-18(16)10-12-4-2-1-3-5-12/h1-9,19H,10-11H2. The zero-order valence-corrected chi connectivity index (χ0v) is 12.0. The van der Waals surface area contributed by atoms with Crippen molar-refractivity contribution in [2.45, 2.75) is 13.2 Å². The summed E-state index contributed by atoms with van der Waals surface area (Å²) < 4.78 is 3.23. The van der Waals surface area contributed by atoms with E-state index < -0.39 is 0 Å². The third-order valence-corrected chi connectivity index (χ3v) is 3.93. The van der Waals surface area contributed by atoms with Gasteiger partial charge in [0.1, 0.15) is 0 Å². The third kappa shape index (κ3) is 2.44. The second kappa shape index (κ2) is 5.19. The van der Waals surface area contributed by atoms with Gasteiger partial charge in [-0.25, -0.2) is 0 Å². The van der Waals surface area contributed by atoms with Gasteiger partial charge in [0, 0.05) is 28.1 Å². The lowest BCUT2D eigenvalue weighted by Gasteiger charge is -2.07. The molecule has 0 amide bonds. The van der Waals surface area contributed by atoms with Crippen molar-refractivity contribution in [2.75, 3.05) is 0 Å². The Morgan fingerprint density at radius 1 is 1.00 bits per heavy atom. The Labute approximate surface area is 120 Å². The van der Waals surface area contributed by atoms with Crippen molar-refractivity contribution in [3.63, 3.8) is 0 Å². The lowest BCUT2D eigenvalue weighted by atomic mass is 10.1. The van der Waals surface area contributed by atoms with Crippen LogP contribution in [0.4, 0.5) is 0 Å². The van der Waals surface area contributed by atoms with Crippen LogP contribution in [-0.4, -0.2) is 9.67 Å². The molecule has 1 heterocycles. The fourth-order valence-electron chi connectivity index (χ4n) is 2.31. The second-order valence-electron chi connectivity index (χ2n) is 4.60. The molecule has 0 atom stereocenters. The van der Waals surface area contributed by atoms with Gasteiger partial charge in [0.25, 0.3) is 0 Å². The van der Waals surface area contributed by atoms with Gasteiger partial charge in [-0.15, -0.1) is 0 Å². The van der Waals surface area contributed by atoms with Gasteiger partial charge >= 0.3 is 0 Å². The van der Waals surface area contributed by atoms with Crippen LogP contribution in [0.1, 0.15) is 11.1 Å². The molecule has 1 N–H and O–H groups in total. The largest absolute Gasteiger partial charge is 0.392 e. The van der Waals surface area contributed by atoms with Crippen molar-refractivity contribution in [2.24, 2.45) is 0 Å². The molecular formula is C16H14BrNO. The summed E-state index contributed by atoms with van der Waals surface area (Å²) in [7, 11) is 0. The maximum atomic E-state index is 9.31. The normalized spacial score (nSPS) is 11.1. The van der Waals surface area contributed by atoms with Crippen molar-refractivity contribution in [3.8, 4) is 0 Å². The summed E-state index contributed by atoms with van der Waals surface area (Å²) in [4.78, 5) is 0. The highest BCUT2D eigenvalue weighted by molar-refractivity contribution is 9.10. The molecule has 0 aliphatic rings. The highest BCUT2D eigenvalue weighted by atomic mass is 79.9. The number of nitrogens with zero attached hydrogens (tertiary/aromatic N) is 1. The molecule has 3 aromatic rings. The number of aromatic nitrogens is 1. The van der Waals surface area contributed by atoms with Gasteiger partial charge in [-0.05, 0) is 29.3 Å².